The quantitative estimate of drug-likeness (QED) is 0.579. The van der Waals surface area contributed by atoms with E-state index in [0.717, 1.165) is 0 Å². The first-order chi connectivity index (χ1) is 16.8. The number of ether oxygens (including phenoxy) is 1. The van der Waals surface area contributed by atoms with Crippen molar-refractivity contribution in [1.29, 1.82) is 0 Å². The molecular formula is C24H24BrF2N5O3. The van der Waals surface area contributed by atoms with Crippen LogP contribution in [0.15, 0.2) is 57.3 Å². The maximum Gasteiger partial charge on any atom is 0.338 e. The maximum absolute atomic E-state index is 14.7. The Labute approximate surface area is 209 Å². The Kier molecular flexibility index (Phi) is 7.56. The van der Waals surface area contributed by atoms with Crippen LogP contribution in [0.1, 0.15) is 24.2 Å². The van der Waals surface area contributed by atoms with Gasteiger partial charge in [-0.3, -0.25) is 14.7 Å². The molecular weight excluding hydrogens is 524 g/mol. The number of aromatic nitrogens is 1. The summed E-state index contributed by atoms with van der Waals surface area (Å²) in [5, 5.41) is 3.10. The second kappa shape index (κ2) is 10.6. The molecule has 1 fully saturated rings. The minimum atomic E-state index is -0.899. The van der Waals surface area contributed by atoms with Crippen molar-refractivity contribution in [3.63, 3.8) is 0 Å². The van der Waals surface area contributed by atoms with Gasteiger partial charge in [-0.2, -0.15) is 0 Å². The molecule has 1 amide bonds. The molecule has 1 aromatic carbocycles. The summed E-state index contributed by atoms with van der Waals surface area (Å²) in [5.74, 6) is -1.49. The van der Waals surface area contributed by atoms with E-state index in [0.29, 0.717) is 48.5 Å². The van der Waals surface area contributed by atoms with E-state index in [1.807, 2.05) is 0 Å². The van der Waals surface area contributed by atoms with E-state index in [-0.39, 0.29) is 23.0 Å². The van der Waals surface area contributed by atoms with Crippen LogP contribution in [0.3, 0.4) is 0 Å². The summed E-state index contributed by atoms with van der Waals surface area (Å²) in [4.78, 5) is 37.3. The number of hydrogen-bond donors (Lipinski definition) is 1. The van der Waals surface area contributed by atoms with E-state index < -0.39 is 23.6 Å². The van der Waals surface area contributed by atoms with Crippen molar-refractivity contribution in [2.24, 2.45) is 4.99 Å². The van der Waals surface area contributed by atoms with Crippen molar-refractivity contribution in [1.82, 2.24) is 20.1 Å². The lowest BCUT2D eigenvalue weighted by atomic mass is 9.95. The Balaban J connectivity index is 1.78. The zero-order chi connectivity index (χ0) is 25.1. The van der Waals surface area contributed by atoms with Gasteiger partial charge in [0.2, 0.25) is 5.91 Å². The van der Waals surface area contributed by atoms with Gasteiger partial charge >= 0.3 is 5.97 Å². The number of amidine groups is 1. The van der Waals surface area contributed by atoms with Crippen LogP contribution in [-0.4, -0.2) is 72.3 Å². The third kappa shape index (κ3) is 5.40. The average molecular weight is 548 g/mol. The van der Waals surface area contributed by atoms with Crippen molar-refractivity contribution in [3.8, 4) is 0 Å². The fraction of sp³-hybridized carbons (Fsp3) is 0.333. The molecule has 2 aliphatic rings. The van der Waals surface area contributed by atoms with Gasteiger partial charge in [-0.25, -0.2) is 18.6 Å². The highest BCUT2D eigenvalue weighted by molar-refractivity contribution is 9.10. The lowest BCUT2D eigenvalue weighted by molar-refractivity contribution is -0.136. The average Bonchev–Trinajstić information content (AvgIpc) is 2.84. The molecule has 1 N–H and O–H groups in total. The van der Waals surface area contributed by atoms with E-state index in [1.54, 1.807) is 4.90 Å². The second-order valence-corrected chi connectivity index (χ2v) is 9.03. The van der Waals surface area contributed by atoms with Gasteiger partial charge in [-0.15, -0.1) is 0 Å². The number of amides is 1. The van der Waals surface area contributed by atoms with Crippen molar-refractivity contribution in [2.75, 3.05) is 39.8 Å². The first-order valence-electron chi connectivity index (χ1n) is 11.0. The third-order valence-corrected chi connectivity index (χ3v) is 6.66. The zero-order valence-corrected chi connectivity index (χ0v) is 20.8. The Morgan fingerprint density at radius 2 is 1.94 bits per heavy atom. The molecule has 1 saturated heterocycles. The summed E-state index contributed by atoms with van der Waals surface area (Å²) in [6.07, 6.45) is 1.45. The number of hydrogen-bond acceptors (Lipinski definition) is 7. The number of halogens is 3. The van der Waals surface area contributed by atoms with Crippen LogP contribution >= 0.6 is 15.9 Å². The molecule has 8 nitrogen and oxygen atoms in total. The summed E-state index contributed by atoms with van der Waals surface area (Å²) >= 11 is 3.37. The molecule has 1 aromatic heterocycles. The molecule has 4 rings (SSSR count). The maximum atomic E-state index is 14.7. The molecule has 1 unspecified atom stereocenters. The molecule has 0 bridgehead atoms. The van der Waals surface area contributed by atoms with Gasteiger partial charge in [0.1, 0.15) is 17.6 Å². The molecule has 0 aliphatic carbocycles. The molecule has 35 heavy (non-hydrogen) atoms. The molecule has 2 aliphatic heterocycles. The number of carbonyl (C=O) groups is 2. The standard InChI is InChI=1S/C24H24BrF2N5O3/c1-14(33)32-10-8-31(9-11-32)13-19-20(24(34)35-2)21(16-6-5-15(26)12-17(16)25)30-23(29-19)22-18(27)4-3-7-28-22/h3-7,12,21H,8-11,13H2,1-2H3,(H,29,30). The zero-order valence-electron chi connectivity index (χ0n) is 19.2. The first-order valence-corrected chi connectivity index (χ1v) is 11.8. The molecule has 0 spiro atoms. The number of methoxy groups -OCH3 is 1. The molecule has 0 radical (unpaired) electrons. The molecule has 2 aromatic rings. The van der Waals surface area contributed by atoms with Gasteiger partial charge in [-0.1, -0.05) is 22.0 Å². The highest BCUT2D eigenvalue weighted by atomic mass is 79.9. The van der Waals surface area contributed by atoms with Crippen molar-refractivity contribution >= 4 is 33.6 Å². The number of benzene rings is 1. The van der Waals surface area contributed by atoms with Crippen molar-refractivity contribution in [3.05, 3.63) is 75.2 Å². The number of rotatable bonds is 5. The monoisotopic (exact) mass is 547 g/mol. The number of esters is 1. The SMILES string of the molecule is COC(=O)C1=C(CN2CCN(C(C)=O)CC2)NC(c2ncccc2F)=NC1c1ccc(F)cc1Br. The number of aliphatic imine (C=N–C) groups is 1. The van der Waals surface area contributed by atoms with Crippen LogP contribution in [0.4, 0.5) is 8.78 Å². The molecule has 11 heteroatoms. The van der Waals surface area contributed by atoms with Crippen LogP contribution in [0, 0.1) is 11.6 Å². The molecule has 3 heterocycles. The van der Waals surface area contributed by atoms with Gasteiger partial charge in [-0.05, 0) is 29.8 Å². The number of pyridine rings is 1. The molecule has 1 atom stereocenters. The third-order valence-electron chi connectivity index (χ3n) is 5.97. The molecule has 184 valence electrons. The minimum Gasteiger partial charge on any atom is -0.466 e. The minimum absolute atomic E-state index is 0.00134. The number of piperazine rings is 1. The second-order valence-electron chi connectivity index (χ2n) is 8.17. The topological polar surface area (TPSA) is 87.1 Å². The van der Waals surface area contributed by atoms with Gasteiger partial charge in [0, 0.05) is 56.0 Å². The van der Waals surface area contributed by atoms with Crippen LogP contribution in [0.2, 0.25) is 0 Å². The number of nitrogens with zero attached hydrogens (tertiary/aromatic N) is 4. The van der Waals surface area contributed by atoms with E-state index in [2.05, 4.69) is 36.1 Å². The lowest BCUT2D eigenvalue weighted by Gasteiger charge is -2.36. The summed E-state index contributed by atoms with van der Waals surface area (Å²) in [5.41, 5.74) is 1.22. The van der Waals surface area contributed by atoms with E-state index in [4.69, 9.17) is 4.74 Å². The number of carbonyl (C=O) groups excluding carboxylic acids is 2. The summed E-state index contributed by atoms with van der Waals surface area (Å²) < 4.78 is 34.0. The predicted molar refractivity (Wildman–Crippen MR) is 128 cm³/mol. The van der Waals surface area contributed by atoms with E-state index >= 15 is 0 Å². The van der Waals surface area contributed by atoms with Crippen LogP contribution in [-0.2, 0) is 14.3 Å². The summed E-state index contributed by atoms with van der Waals surface area (Å²) in [6.45, 7) is 4.13. The van der Waals surface area contributed by atoms with Gasteiger partial charge in [0.15, 0.2) is 11.7 Å². The van der Waals surface area contributed by atoms with Gasteiger partial charge in [0.05, 0.1) is 12.7 Å². The highest BCUT2D eigenvalue weighted by Gasteiger charge is 2.35. The Morgan fingerprint density at radius 1 is 1.20 bits per heavy atom. The van der Waals surface area contributed by atoms with Crippen molar-refractivity contribution in [2.45, 2.75) is 13.0 Å². The predicted octanol–water partition coefficient (Wildman–Crippen LogP) is 2.80. The summed E-state index contributed by atoms with van der Waals surface area (Å²) in [7, 11) is 1.27. The Morgan fingerprint density at radius 3 is 2.57 bits per heavy atom. The fourth-order valence-corrected chi connectivity index (χ4v) is 4.71. The fourth-order valence-electron chi connectivity index (χ4n) is 4.14. The van der Waals surface area contributed by atoms with Crippen molar-refractivity contribution < 1.29 is 23.1 Å². The van der Waals surface area contributed by atoms with Crippen LogP contribution in [0.5, 0.6) is 0 Å². The smallest absolute Gasteiger partial charge is 0.338 e. The normalized spacial score (nSPS) is 18.7. The first kappa shape index (κ1) is 24.9. The van der Waals surface area contributed by atoms with E-state index in [9.17, 15) is 18.4 Å². The van der Waals surface area contributed by atoms with Crippen LogP contribution < -0.4 is 5.32 Å². The van der Waals surface area contributed by atoms with E-state index in [1.165, 1.54) is 50.6 Å². The lowest BCUT2D eigenvalue weighted by Crippen LogP contribution is -2.50. The van der Waals surface area contributed by atoms with Gasteiger partial charge < -0.3 is 15.0 Å². The van der Waals surface area contributed by atoms with Gasteiger partial charge in [0.25, 0.3) is 0 Å². The Bertz CT molecular complexity index is 1210. The van der Waals surface area contributed by atoms with Crippen LogP contribution in [0.25, 0.3) is 0 Å². The highest BCUT2D eigenvalue weighted by Crippen LogP contribution is 2.36. The summed E-state index contributed by atoms with van der Waals surface area (Å²) in [6, 6.07) is 5.93. The Hall–Kier alpha value is -3.18. The molecule has 0 saturated carbocycles. The number of nitrogens with one attached hydrogen (secondary N) is 1. The largest absolute Gasteiger partial charge is 0.466 e.